The zero-order chi connectivity index (χ0) is 23.1. The van der Waals surface area contributed by atoms with Crippen molar-refractivity contribution in [2.75, 3.05) is 0 Å². The van der Waals surface area contributed by atoms with Gasteiger partial charge in [-0.15, -0.1) is 0 Å². The van der Waals surface area contributed by atoms with Gasteiger partial charge in [-0.2, -0.15) is 5.26 Å². The van der Waals surface area contributed by atoms with Gasteiger partial charge in [-0.1, -0.05) is 72.8 Å². The van der Waals surface area contributed by atoms with E-state index in [1.165, 1.54) is 33.0 Å². The fourth-order valence-electron chi connectivity index (χ4n) is 5.96. The predicted octanol–water partition coefficient (Wildman–Crippen LogP) is 7.65. The lowest BCUT2D eigenvalue weighted by Gasteiger charge is -2.17. The fourth-order valence-corrected chi connectivity index (χ4v) is 5.96. The molecule has 0 fully saturated rings. The summed E-state index contributed by atoms with van der Waals surface area (Å²) >= 11 is 0. The molecule has 3 heteroatoms. The Morgan fingerprint density at radius 1 is 0.600 bits per heavy atom. The molecular formula is C32H19N3. The molecule has 0 aliphatic heterocycles. The summed E-state index contributed by atoms with van der Waals surface area (Å²) in [7, 11) is 0. The van der Waals surface area contributed by atoms with E-state index in [0.717, 1.165) is 27.9 Å². The lowest BCUT2D eigenvalue weighted by Crippen LogP contribution is -2.06. The van der Waals surface area contributed by atoms with Crippen molar-refractivity contribution in [1.29, 1.82) is 5.26 Å². The van der Waals surface area contributed by atoms with Gasteiger partial charge in [0, 0.05) is 22.1 Å². The lowest BCUT2D eigenvalue weighted by molar-refractivity contribution is 1.05. The molecule has 162 valence electrons. The third-order valence-electron chi connectivity index (χ3n) is 7.50. The van der Waals surface area contributed by atoms with Gasteiger partial charge in [0.1, 0.15) is 11.6 Å². The summed E-state index contributed by atoms with van der Waals surface area (Å²) in [4.78, 5) is 0. The number of rotatable bonds is 2. The summed E-state index contributed by atoms with van der Waals surface area (Å²) in [5, 5.41) is 14.2. The van der Waals surface area contributed by atoms with E-state index in [2.05, 4.69) is 124 Å². The molecule has 0 bridgehead atoms. The monoisotopic (exact) mass is 445 g/mol. The summed E-state index contributed by atoms with van der Waals surface area (Å²) in [6, 6.07) is 34.2. The lowest BCUT2D eigenvalue weighted by atomic mass is 9.99. The molecule has 4 aromatic carbocycles. The molecule has 0 saturated carbocycles. The van der Waals surface area contributed by atoms with Gasteiger partial charge in [0.2, 0.25) is 0 Å². The van der Waals surface area contributed by atoms with Crippen LogP contribution in [0.15, 0.2) is 109 Å². The van der Waals surface area contributed by atoms with Crippen LogP contribution in [-0.4, -0.2) is 9.13 Å². The minimum absolute atomic E-state index is 0.396. The van der Waals surface area contributed by atoms with Crippen LogP contribution in [0.1, 0.15) is 22.7 Å². The van der Waals surface area contributed by atoms with Crippen LogP contribution in [0.3, 0.4) is 0 Å². The first-order chi connectivity index (χ1) is 17.3. The third-order valence-corrected chi connectivity index (χ3v) is 7.50. The molecule has 0 radical (unpaired) electrons. The Balaban J connectivity index is 1.48. The molecule has 2 aliphatic rings. The molecule has 6 aromatic rings. The Kier molecular flexibility index (Phi) is 3.52. The van der Waals surface area contributed by atoms with Gasteiger partial charge in [0.25, 0.3) is 0 Å². The van der Waals surface area contributed by atoms with Crippen LogP contribution in [0.5, 0.6) is 0 Å². The average molecular weight is 446 g/mol. The van der Waals surface area contributed by atoms with E-state index < -0.39 is 0 Å². The van der Waals surface area contributed by atoms with Crippen LogP contribution in [0.4, 0.5) is 0 Å². The third kappa shape index (κ3) is 2.38. The zero-order valence-electron chi connectivity index (χ0n) is 18.8. The summed E-state index contributed by atoms with van der Waals surface area (Å²) in [5.41, 5.74) is 9.75. The first-order valence-electron chi connectivity index (χ1n) is 11.9. The Labute approximate surface area is 202 Å². The van der Waals surface area contributed by atoms with Crippen LogP contribution in [0, 0.1) is 11.3 Å². The van der Waals surface area contributed by atoms with E-state index in [-0.39, 0.29) is 0 Å². The Bertz CT molecular complexity index is 1920. The van der Waals surface area contributed by atoms with E-state index in [1.54, 1.807) is 0 Å². The van der Waals surface area contributed by atoms with Crippen molar-refractivity contribution in [3.05, 3.63) is 126 Å². The first kappa shape index (κ1) is 18.6. The smallest absolute Gasteiger partial charge is 0.104 e. The molecule has 2 aliphatic carbocycles. The second-order valence-corrected chi connectivity index (χ2v) is 9.28. The number of aromatic nitrogens is 2. The van der Waals surface area contributed by atoms with Gasteiger partial charge in [-0.05, 0) is 47.5 Å². The van der Waals surface area contributed by atoms with Crippen molar-refractivity contribution >= 4 is 38.8 Å². The number of allylic oxidation sites excluding steroid dienone is 3. The maximum absolute atomic E-state index is 10.6. The van der Waals surface area contributed by atoms with Gasteiger partial charge < -0.3 is 9.13 Å². The van der Waals surface area contributed by atoms with Gasteiger partial charge in [-0.25, -0.2) is 0 Å². The average Bonchev–Trinajstić information content (AvgIpc) is 3.53. The van der Waals surface area contributed by atoms with E-state index in [9.17, 15) is 5.26 Å². The second kappa shape index (κ2) is 6.62. The molecule has 0 N–H and O–H groups in total. The number of nitrogens with zero attached hydrogens (tertiary/aromatic N) is 3. The Morgan fingerprint density at radius 2 is 1.17 bits per heavy atom. The van der Waals surface area contributed by atoms with Gasteiger partial charge in [0.05, 0.1) is 33.6 Å². The number of fused-ring (bicyclic) bond motifs is 8. The Hall–Kier alpha value is -4.81. The highest BCUT2D eigenvalue weighted by atomic mass is 15.0. The molecule has 0 spiro atoms. The normalized spacial score (nSPS) is 15.7. The van der Waals surface area contributed by atoms with E-state index in [0.29, 0.717) is 11.5 Å². The number of hydrogen-bond donors (Lipinski definition) is 0. The molecule has 8 rings (SSSR count). The molecular weight excluding hydrogens is 426 g/mol. The van der Waals surface area contributed by atoms with E-state index in [1.807, 2.05) is 0 Å². The minimum Gasteiger partial charge on any atom is -0.308 e. The predicted molar refractivity (Wildman–Crippen MR) is 142 cm³/mol. The molecule has 1 atom stereocenters. The summed E-state index contributed by atoms with van der Waals surface area (Å²) in [5.74, 6) is 0.396. The molecule has 2 aromatic heterocycles. The quantitative estimate of drug-likeness (QED) is 0.269. The summed E-state index contributed by atoms with van der Waals surface area (Å²) in [6.45, 7) is 0. The number of para-hydroxylation sites is 3. The molecule has 3 nitrogen and oxygen atoms in total. The highest BCUT2D eigenvalue weighted by Crippen LogP contribution is 2.50. The maximum atomic E-state index is 10.6. The molecule has 0 saturated heterocycles. The van der Waals surface area contributed by atoms with E-state index in [4.69, 9.17) is 0 Å². The van der Waals surface area contributed by atoms with E-state index >= 15 is 0 Å². The SMILES string of the molecule is N#Cc1c(-n2c3c(c4ccccc42)[C@@H]2C=C2C=C3)cccc1-n1c2ccccc2c2ccccc21. The Morgan fingerprint density at radius 3 is 1.83 bits per heavy atom. The molecule has 35 heavy (non-hydrogen) atoms. The standard InChI is InChI=1S/C32H19N3/c33-19-25-29(34-26-11-4-1-8-21(26)22-9-2-5-12-27(22)34)14-7-15-30(25)35-28-13-6-3-10-23(28)32-24-18-20(24)16-17-31(32)35/h1-18,24H/t24-/m1/s1. The van der Waals surface area contributed by atoms with Crippen LogP contribution in [-0.2, 0) is 0 Å². The van der Waals surface area contributed by atoms with Crippen LogP contribution < -0.4 is 0 Å². The van der Waals surface area contributed by atoms with Gasteiger partial charge >= 0.3 is 0 Å². The summed E-state index contributed by atoms with van der Waals surface area (Å²) in [6.07, 6.45) is 6.74. The first-order valence-corrected chi connectivity index (χ1v) is 11.9. The minimum atomic E-state index is 0.396. The van der Waals surface area contributed by atoms with Crippen LogP contribution in [0.2, 0.25) is 0 Å². The maximum Gasteiger partial charge on any atom is 0.104 e. The van der Waals surface area contributed by atoms with Crippen molar-refractivity contribution in [2.24, 2.45) is 0 Å². The highest BCUT2D eigenvalue weighted by Gasteiger charge is 2.34. The topological polar surface area (TPSA) is 33.6 Å². The summed E-state index contributed by atoms with van der Waals surface area (Å²) < 4.78 is 4.52. The molecule has 0 unspecified atom stereocenters. The number of benzene rings is 4. The van der Waals surface area contributed by atoms with Gasteiger partial charge in [-0.3, -0.25) is 0 Å². The largest absolute Gasteiger partial charge is 0.308 e. The van der Waals surface area contributed by atoms with Crippen molar-refractivity contribution < 1.29 is 0 Å². The van der Waals surface area contributed by atoms with Crippen LogP contribution >= 0.6 is 0 Å². The molecule has 0 amide bonds. The van der Waals surface area contributed by atoms with Crippen molar-refractivity contribution in [1.82, 2.24) is 9.13 Å². The fraction of sp³-hybridized carbons (Fsp3) is 0.0312. The van der Waals surface area contributed by atoms with Crippen molar-refractivity contribution in [2.45, 2.75) is 5.92 Å². The number of hydrogen-bond acceptors (Lipinski definition) is 1. The highest BCUT2D eigenvalue weighted by molar-refractivity contribution is 6.09. The zero-order valence-corrected chi connectivity index (χ0v) is 18.8. The number of nitriles is 1. The van der Waals surface area contributed by atoms with Crippen molar-refractivity contribution in [3.63, 3.8) is 0 Å². The van der Waals surface area contributed by atoms with Crippen LogP contribution in [0.25, 0.3) is 50.2 Å². The second-order valence-electron chi connectivity index (χ2n) is 9.28. The molecule has 2 heterocycles. The van der Waals surface area contributed by atoms with Crippen molar-refractivity contribution in [3.8, 4) is 17.4 Å². The van der Waals surface area contributed by atoms with Gasteiger partial charge in [0.15, 0.2) is 0 Å².